The van der Waals surface area contributed by atoms with Crippen LogP contribution in [0.1, 0.15) is 32.9 Å². The van der Waals surface area contributed by atoms with Gasteiger partial charge in [0.25, 0.3) is 0 Å². The van der Waals surface area contributed by atoms with Crippen molar-refractivity contribution in [2.45, 2.75) is 39.8 Å². The van der Waals surface area contributed by atoms with E-state index >= 15 is 0 Å². The molecule has 1 aromatic carbocycles. The largest absolute Gasteiger partial charge is 0.342 e. The fourth-order valence-corrected chi connectivity index (χ4v) is 4.58. The van der Waals surface area contributed by atoms with E-state index < -0.39 is 0 Å². The minimum atomic E-state index is 0.270. The molecule has 1 saturated heterocycles. The van der Waals surface area contributed by atoms with Crippen LogP contribution in [0.25, 0.3) is 10.9 Å². The van der Waals surface area contributed by atoms with Crippen LogP contribution in [-0.2, 0) is 22.6 Å². The van der Waals surface area contributed by atoms with Crippen LogP contribution in [-0.4, -0.2) is 73.2 Å². The number of hydrogen-bond donors (Lipinski definition) is 2. The van der Waals surface area contributed by atoms with Gasteiger partial charge in [-0.1, -0.05) is 22.0 Å². The second kappa shape index (κ2) is 17.7. The number of fused-ring (bicyclic) bond motifs is 1. The number of rotatable bonds is 8. The standard InChI is InChI=1S/C11H8BrNO2.C8H14N2S.C5H10N2O.C3H6/c12-9-1-2-11-10(5-9)8(7-15)6-13(11)3-4-14;1-6-7(2)11-8(10-6)4-5-9-3;1-6-5-2-7(3-5)4-8;1-3-2/h1-2,4-7H,3H2;9H,4-5H2,1-3H3;4-6H,2-3H2,1H3;3H,1H2,2H3. The molecule has 202 valence electrons. The van der Waals surface area contributed by atoms with Gasteiger partial charge in [-0.05, 0) is 53.1 Å². The van der Waals surface area contributed by atoms with Crippen LogP contribution in [0.5, 0.6) is 0 Å². The van der Waals surface area contributed by atoms with Crippen molar-refractivity contribution in [2.75, 3.05) is 33.7 Å². The molecule has 0 saturated carbocycles. The van der Waals surface area contributed by atoms with Crippen LogP contribution < -0.4 is 10.6 Å². The van der Waals surface area contributed by atoms with Crippen LogP contribution in [0.4, 0.5) is 0 Å². The lowest BCUT2D eigenvalue weighted by Crippen LogP contribution is -2.56. The smallest absolute Gasteiger partial charge is 0.209 e. The number of aromatic nitrogens is 2. The van der Waals surface area contributed by atoms with Gasteiger partial charge in [0, 0.05) is 64.1 Å². The minimum absolute atomic E-state index is 0.270. The van der Waals surface area contributed by atoms with Crippen LogP contribution in [0.2, 0.25) is 0 Å². The molecule has 1 amide bonds. The van der Waals surface area contributed by atoms with Crippen molar-refractivity contribution in [3.63, 3.8) is 0 Å². The number of thiazole rings is 1. The molecule has 0 radical (unpaired) electrons. The maximum atomic E-state index is 10.8. The Morgan fingerprint density at radius 3 is 2.38 bits per heavy atom. The third-order valence-electron chi connectivity index (χ3n) is 5.40. The number of likely N-dealkylation sites (N-methyl/N-ethyl adjacent to an activating group) is 2. The number of likely N-dealkylation sites (tertiary alicyclic amines) is 1. The van der Waals surface area contributed by atoms with E-state index in [-0.39, 0.29) is 6.54 Å². The summed E-state index contributed by atoms with van der Waals surface area (Å²) in [4.78, 5) is 38.8. The molecule has 0 atom stereocenters. The summed E-state index contributed by atoms with van der Waals surface area (Å²) in [6.07, 6.45) is 6.99. The van der Waals surface area contributed by atoms with E-state index in [0.29, 0.717) is 11.6 Å². The first-order valence-corrected chi connectivity index (χ1v) is 13.6. The Kier molecular flexibility index (Phi) is 15.5. The summed E-state index contributed by atoms with van der Waals surface area (Å²) in [6, 6.07) is 6.19. The molecular weight excluding hydrogens is 554 g/mol. The predicted molar refractivity (Wildman–Crippen MR) is 157 cm³/mol. The average molecular weight is 593 g/mol. The highest BCUT2D eigenvalue weighted by Gasteiger charge is 2.22. The fraction of sp³-hybridized carbons (Fsp3) is 0.407. The van der Waals surface area contributed by atoms with Gasteiger partial charge in [0.2, 0.25) is 6.41 Å². The molecule has 0 bridgehead atoms. The first-order valence-electron chi connectivity index (χ1n) is 12.0. The number of benzene rings is 1. The number of aldehydes is 2. The van der Waals surface area contributed by atoms with Crippen LogP contribution in [0.3, 0.4) is 0 Å². The number of nitrogens with one attached hydrogen (secondary N) is 2. The highest BCUT2D eigenvalue weighted by atomic mass is 79.9. The van der Waals surface area contributed by atoms with E-state index in [1.165, 1.54) is 15.6 Å². The molecule has 0 unspecified atom stereocenters. The van der Waals surface area contributed by atoms with Gasteiger partial charge in [-0.25, -0.2) is 4.98 Å². The quantitative estimate of drug-likeness (QED) is 0.301. The Bertz CT molecular complexity index is 1120. The van der Waals surface area contributed by atoms with E-state index in [9.17, 15) is 14.4 Å². The van der Waals surface area contributed by atoms with Gasteiger partial charge in [-0.3, -0.25) is 9.59 Å². The van der Waals surface area contributed by atoms with E-state index in [1.807, 2.05) is 39.2 Å². The van der Waals surface area contributed by atoms with Crippen molar-refractivity contribution in [2.24, 2.45) is 0 Å². The minimum Gasteiger partial charge on any atom is -0.342 e. The number of hydrogen-bond acceptors (Lipinski definition) is 7. The first-order chi connectivity index (χ1) is 17.8. The Morgan fingerprint density at radius 2 is 1.89 bits per heavy atom. The maximum Gasteiger partial charge on any atom is 0.209 e. The van der Waals surface area contributed by atoms with Gasteiger partial charge >= 0.3 is 0 Å². The number of nitrogens with zero attached hydrogens (tertiary/aromatic N) is 3. The van der Waals surface area contributed by atoms with Gasteiger partial charge in [0.1, 0.15) is 6.29 Å². The van der Waals surface area contributed by atoms with Crippen molar-refractivity contribution in [3.8, 4) is 0 Å². The average Bonchev–Trinajstić information content (AvgIpc) is 3.37. The Balaban J connectivity index is 0.000000275. The molecule has 2 N–H and O–H groups in total. The molecule has 10 heteroatoms. The molecular formula is C27H38BrN5O3S. The summed E-state index contributed by atoms with van der Waals surface area (Å²) in [7, 11) is 3.88. The van der Waals surface area contributed by atoms with Crippen molar-refractivity contribution in [1.82, 2.24) is 25.1 Å². The van der Waals surface area contributed by atoms with E-state index in [2.05, 4.69) is 52.0 Å². The Morgan fingerprint density at radius 1 is 1.22 bits per heavy atom. The molecule has 37 heavy (non-hydrogen) atoms. The first kappa shape index (κ1) is 32.4. The van der Waals surface area contributed by atoms with Crippen LogP contribution >= 0.6 is 27.3 Å². The number of amides is 1. The topological polar surface area (TPSA) is 96.3 Å². The maximum absolute atomic E-state index is 10.8. The lowest BCUT2D eigenvalue weighted by molar-refractivity contribution is -0.122. The zero-order valence-electron chi connectivity index (χ0n) is 22.3. The van der Waals surface area contributed by atoms with E-state index in [1.54, 1.807) is 33.1 Å². The number of aryl methyl sites for hydroxylation is 2. The van der Waals surface area contributed by atoms with Crippen molar-refractivity contribution >= 4 is 57.2 Å². The van der Waals surface area contributed by atoms with Gasteiger partial charge in [-0.2, -0.15) is 0 Å². The molecule has 1 aliphatic heterocycles. The van der Waals surface area contributed by atoms with E-state index in [0.717, 1.165) is 60.4 Å². The molecule has 1 aliphatic rings. The SMILES string of the molecule is C=CC.CNC1CN(C=O)C1.CNCCc1nc(C)c(C)s1.O=CCn1cc(C=O)c2cc(Br)ccc21. The van der Waals surface area contributed by atoms with Crippen LogP contribution in [0.15, 0.2) is 41.5 Å². The predicted octanol–water partition coefficient (Wildman–Crippen LogP) is 4.18. The number of carbonyl (C=O) groups excluding carboxylic acids is 3. The Hall–Kier alpha value is -2.66. The van der Waals surface area contributed by atoms with Gasteiger partial charge in [0.05, 0.1) is 17.2 Å². The molecule has 3 aromatic rings. The zero-order valence-corrected chi connectivity index (χ0v) is 24.7. The molecule has 1 fully saturated rings. The van der Waals surface area contributed by atoms with Crippen molar-refractivity contribution in [3.05, 3.63) is 62.7 Å². The third kappa shape index (κ3) is 10.7. The number of halogens is 1. The lowest BCUT2D eigenvalue weighted by atomic mass is 10.1. The summed E-state index contributed by atoms with van der Waals surface area (Å²) in [5, 5.41) is 8.28. The summed E-state index contributed by atoms with van der Waals surface area (Å²) in [5.74, 6) is 0. The monoisotopic (exact) mass is 591 g/mol. The number of allylic oxidation sites excluding steroid dienone is 1. The van der Waals surface area contributed by atoms with Crippen LogP contribution in [0, 0.1) is 13.8 Å². The summed E-state index contributed by atoms with van der Waals surface area (Å²) < 4.78 is 2.68. The van der Waals surface area contributed by atoms with Gasteiger partial charge < -0.3 is 24.9 Å². The molecule has 3 heterocycles. The van der Waals surface area contributed by atoms with Crippen molar-refractivity contribution < 1.29 is 14.4 Å². The number of carbonyl (C=O) groups is 3. The fourth-order valence-electron chi connectivity index (χ4n) is 3.28. The van der Waals surface area contributed by atoms with Gasteiger partial charge in [0.15, 0.2) is 6.29 Å². The summed E-state index contributed by atoms with van der Waals surface area (Å²) in [6.45, 7) is 12.5. The van der Waals surface area contributed by atoms with Gasteiger partial charge in [-0.15, -0.1) is 17.9 Å². The molecule has 0 aliphatic carbocycles. The molecule has 8 nitrogen and oxygen atoms in total. The Labute approximate surface area is 232 Å². The lowest BCUT2D eigenvalue weighted by Gasteiger charge is -2.35. The molecule has 0 spiro atoms. The summed E-state index contributed by atoms with van der Waals surface area (Å²) >= 11 is 5.15. The summed E-state index contributed by atoms with van der Waals surface area (Å²) in [5.41, 5.74) is 2.68. The molecule has 2 aromatic heterocycles. The molecule has 4 rings (SSSR count). The third-order valence-corrected chi connectivity index (χ3v) is 7.03. The zero-order chi connectivity index (χ0) is 27.8. The van der Waals surface area contributed by atoms with Crippen molar-refractivity contribution in [1.29, 1.82) is 0 Å². The normalized spacial score (nSPS) is 12.1. The van der Waals surface area contributed by atoms with E-state index in [4.69, 9.17) is 0 Å². The highest BCUT2D eigenvalue weighted by molar-refractivity contribution is 9.10. The second-order valence-corrected chi connectivity index (χ2v) is 10.4. The highest BCUT2D eigenvalue weighted by Crippen LogP contribution is 2.24. The second-order valence-electron chi connectivity index (χ2n) is 8.24.